The van der Waals surface area contributed by atoms with Crippen molar-refractivity contribution in [2.45, 2.75) is 6.54 Å². The zero-order valence-electron chi connectivity index (χ0n) is 9.62. The van der Waals surface area contributed by atoms with Crippen LogP contribution in [0.25, 0.3) is 5.69 Å². The molecule has 7 heteroatoms. The summed E-state index contributed by atoms with van der Waals surface area (Å²) in [5.74, 6) is -1.19. The van der Waals surface area contributed by atoms with Gasteiger partial charge in [0.2, 0.25) is 0 Å². The first-order chi connectivity index (χ1) is 8.99. The maximum Gasteiger partial charge on any atom is 0.323 e. The fourth-order valence-electron chi connectivity index (χ4n) is 1.58. The van der Waals surface area contributed by atoms with E-state index in [2.05, 4.69) is 0 Å². The lowest BCUT2D eigenvalue weighted by Crippen LogP contribution is -2.40. The van der Waals surface area contributed by atoms with Crippen LogP contribution in [0.1, 0.15) is 0 Å². The van der Waals surface area contributed by atoms with Crippen molar-refractivity contribution >= 4 is 17.6 Å². The zero-order valence-corrected chi connectivity index (χ0v) is 10.4. The zero-order chi connectivity index (χ0) is 14.0. The van der Waals surface area contributed by atoms with Gasteiger partial charge in [-0.3, -0.25) is 23.5 Å². The Kier molecular flexibility index (Phi) is 3.52. The molecule has 1 N–H and O–H groups in total. The highest BCUT2D eigenvalue weighted by Gasteiger charge is 2.08. The molecule has 0 aliphatic rings. The standard InChI is InChI=1S/C12H9ClN2O4/c13-8-1-3-9(4-2-8)15-6-5-14(7-10(16)17)11(18)12(15)19/h1-6H,7H2,(H,16,17). The topological polar surface area (TPSA) is 81.3 Å². The van der Waals surface area contributed by atoms with Crippen molar-refractivity contribution in [1.29, 1.82) is 0 Å². The second-order valence-corrected chi connectivity index (χ2v) is 4.21. The molecule has 0 unspecified atom stereocenters. The minimum absolute atomic E-state index is 0.481. The summed E-state index contributed by atoms with van der Waals surface area (Å²) in [4.78, 5) is 34.1. The number of hydrogen-bond donors (Lipinski definition) is 1. The van der Waals surface area contributed by atoms with Gasteiger partial charge in [0.25, 0.3) is 0 Å². The van der Waals surface area contributed by atoms with Gasteiger partial charge in [-0.15, -0.1) is 0 Å². The van der Waals surface area contributed by atoms with E-state index in [-0.39, 0.29) is 0 Å². The quantitative estimate of drug-likeness (QED) is 0.841. The lowest BCUT2D eigenvalue weighted by Gasteiger charge is -2.07. The van der Waals surface area contributed by atoms with Crippen LogP contribution in [-0.4, -0.2) is 20.2 Å². The molecular weight excluding hydrogens is 272 g/mol. The lowest BCUT2D eigenvalue weighted by atomic mass is 10.3. The third kappa shape index (κ3) is 2.74. The number of carboxylic acids is 1. The number of nitrogens with zero attached hydrogens (tertiary/aromatic N) is 2. The van der Waals surface area contributed by atoms with E-state index in [1.807, 2.05) is 0 Å². The highest BCUT2D eigenvalue weighted by Crippen LogP contribution is 2.11. The summed E-state index contributed by atoms with van der Waals surface area (Å²) in [5, 5.41) is 9.13. The van der Waals surface area contributed by atoms with Crippen LogP contribution in [0.5, 0.6) is 0 Å². The van der Waals surface area contributed by atoms with Crippen molar-refractivity contribution in [1.82, 2.24) is 9.13 Å². The predicted octanol–water partition coefficient (Wildman–Crippen LogP) is 0.737. The van der Waals surface area contributed by atoms with Gasteiger partial charge in [-0.1, -0.05) is 11.6 Å². The Bertz CT molecular complexity index is 731. The van der Waals surface area contributed by atoms with Gasteiger partial charge in [0.05, 0.1) is 0 Å². The first kappa shape index (κ1) is 13.1. The van der Waals surface area contributed by atoms with Crippen LogP contribution in [0.3, 0.4) is 0 Å². The first-order valence-corrected chi connectivity index (χ1v) is 5.66. The van der Waals surface area contributed by atoms with Crippen LogP contribution in [0, 0.1) is 0 Å². The summed E-state index contributed by atoms with van der Waals surface area (Å²) >= 11 is 5.73. The van der Waals surface area contributed by atoms with Gasteiger partial charge in [0, 0.05) is 23.1 Å². The van der Waals surface area contributed by atoms with Crippen molar-refractivity contribution in [2.24, 2.45) is 0 Å². The normalized spacial score (nSPS) is 10.4. The van der Waals surface area contributed by atoms with E-state index in [1.165, 1.54) is 12.4 Å². The molecule has 1 aromatic carbocycles. The molecule has 0 saturated carbocycles. The third-order valence-corrected chi connectivity index (χ3v) is 2.72. The Morgan fingerprint density at radius 3 is 2.32 bits per heavy atom. The van der Waals surface area contributed by atoms with E-state index < -0.39 is 23.6 Å². The van der Waals surface area contributed by atoms with Crippen LogP contribution in [0.4, 0.5) is 0 Å². The molecule has 6 nitrogen and oxygen atoms in total. The largest absolute Gasteiger partial charge is 0.480 e. The van der Waals surface area contributed by atoms with Gasteiger partial charge >= 0.3 is 17.1 Å². The molecule has 0 radical (unpaired) electrons. The Balaban J connectivity index is 2.53. The molecule has 2 rings (SSSR count). The Labute approximate surface area is 112 Å². The highest BCUT2D eigenvalue weighted by molar-refractivity contribution is 6.30. The number of aliphatic carboxylic acids is 1. The minimum atomic E-state index is -1.19. The second-order valence-electron chi connectivity index (χ2n) is 3.78. The summed E-state index contributed by atoms with van der Waals surface area (Å²) in [6, 6.07) is 6.35. The molecule has 0 fully saturated rings. The Morgan fingerprint density at radius 1 is 1.11 bits per heavy atom. The first-order valence-electron chi connectivity index (χ1n) is 5.29. The lowest BCUT2D eigenvalue weighted by molar-refractivity contribution is -0.137. The fourth-order valence-corrected chi connectivity index (χ4v) is 1.71. The maximum atomic E-state index is 11.9. The summed E-state index contributed by atoms with van der Waals surface area (Å²) in [6.07, 6.45) is 2.60. The van der Waals surface area contributed by atoms with Gasteiger partial charge in [0.15, 0.2) is 0 Å². The number of benzene rings is 1. The molecule has 0 spiro atoms. The van der Waals surface area contributed by atoms with E-state index in [4.69, 9.17) is 16.7 Å². The number of halogens is 1. The van der Waals surface area contributed by atoms with Crippen molar-refractivity contribution in [2.75, 3.05) is 0 Å². The monoisotopic (exact) mass is 280 g/mol. The second kappa shape index (κ2) is 5.11. The average Bonchev–Trinajstić information content (AvgIpc) is 2.36. The molecule has 0 bridgehead atoms. The molecule has 0 aliphatic heterocycles. The maximum absolute atomic E-state index is 11.9. The van der Waals surface area contributed by atoms with Gasteiger partial charge in [-0.25, -0.2) is 0 Å². The number of aromatic nitrogens is 2. The molecule has 98 valence electrons. The number of rotatable bonds is 3. The van der Waals surface area contributed by atoms with Crippen molar-refractivity contribution in [3.8, 4) is 5.69 Å². The van der Waals surface area contributed by atoms with Crippen molar-refractivity contribution < 1.29 is 9.90 Å². The van der Waals surface area contributed by atoms with E-state index in [9.17, 15) is 14.4 Å². The van der Waals surface area contributed by atoms with Crippen LogP contribution in [0.2, 0.25) is 5.02 Å². The van der Waals surface area contributed by atoms with Crippen LogP contribution < -0.4 is 11.1 Å². The molecule has 0 amide bonds. The summed E-state index contributed by atoms with van der Waals surface area (Å²) in [6.45, 7) is -0.546. The Morgan fingerprint density at radius 2 is 1.74 bits per heavy atom. The minimum Gasteiger partial charge on any atom is -0.480 e. The van der Waals surface area contributed by atoms with Crippen molar-refractivity contribution in [3.05, 3.63) is 62.4 Å². The summed E-state index contributed by atoms with van der Waals surface area (Å²) in [7, 11) is 0. The average molecular weight is 281 g/mol. The number of carboxylic acid groups (broad SMARTS) is 1. The van der Waals surface area contributed by atoms with Crippen LogP contribution in [-0.2, 0) is 11.3 Å². The van der Waals surface area contributed by atoms with E-state index in [0.29, 0.717) is 10.7 Å². The molecule has 2 aromatic rings. The molecule has 0 aliphatic carbocycles. The smallest absolute Gasteiger partial charge is 0.323 e. The van der Waals surface area contributed by atoms with Gasteiger partial charge in [-0.05, 0) is 24.3 Å². The summed E-state index contributed by atoms with van der Waals surface area (Å²) < 4.78 is 1.98. The SMILES string of the molecule is O=C(O)Cn1ccn(-c2ccc(Cl)cc2)c(=O)c1=O. The van der Waals surface area contributed by atoms with Crippen LogP contribution in [0.15, 0.2) is 46.2 Å². The predicted molar refractivity (Wildman–Crippen MR) is 68.9 cm³/mol. The van der Waals surface area contributed by atoms with E-state index in [1.54, 1.807) is 24.3 Å². The number of hydrogen-bond acceptors (Lipinski definition) is 3. The molecule has 19 heavy (non-hydrogen) atoms. The van der Waals surface area contributed by atoms with E-state index >= 15 is 0 Å². The van der Waals surface area contributed by atoms with Crippen LogP contribution >= 0.6 is 11.6 Å². The van der Waals surface area contributed by atoms with Gasteiger partial charge < -0.3 is 5.11 Å². The van der Waals surface area contributed by atoms with Crippen molar-refractivity contribution in [3.63, 3.8) is 0 Å². The highest BCUT2D eigenvalue weighted by atomic mass is 35.5. The third-order valence-electron chi connectivity index (χ3n) is 2.47. The Hall–Kier alpha value is -2.34. The van der Waals surface area contributed by atoms with Gasteiger partial charge in [-0.2, -0.15) is 0 Å². The summed E-state index contributed by atoms with van der Waals surface area (Å²) in [5.41, 5.74) is -1.22. The molecule has 1 aromatic heterocycles. The molecule has 0 atom stereocenters. The molecule has 0 saturated heterocycles. The molecular formula is C12H9ClN2O4. The van der Waals surface area contributed by atoms with E-state index in [0.717, 1.165) is 9.13 Å². The number of carbonyl (C=O) groups is 1. The molecule has 1 heterocycles. The van der Waals surface area contributed by atoms with Gasteiger partial charge in [0.1, 0.15) is 6.54 Å². The fraction of sp³-hybridized carbons (Fsp3) is 0.0833.